The minimum atomic E-state index is -2.83. The highest BCUT2D eigenvalue weighted by Gasteiger charge is 2.25. The fourth-order valence-corrected chi connectivity index (χ4v) is 3.29. The van der Waals surface area contributed by atoms with Crippen molar-refractivity contribution in [1.82, 2.24) is 10.2 Å². The summed E-state index contributed by atoms with van der Waals surface area (Å²) >= 11 is 0. The molecule has 0 amide bonds. The van der Waals surface area contributed by atoms with Crippen LogP contribution in [-0.4, -0.2) is 56.5 Å². The van der Waals surface area contributed by atoms with E-state index in [9.17, 15) is 8.42 Å². The zero-order valence-corrected chi connectivity index (χ0v) is 12.8. The van der Waals surface area contributed by atoms with Gasteiger partial charge in [0.2, 0.25) is 0 Å². The predicted octanol–water partition coefficient (Wildman–Crippen LogP) is 1.27. The van der Waals surface area contributed by atoms with Crippen molar-refractivity contribution in [3.63, 3.8) is 0 Å². The molecule has 18 heavy (non-hydrogen) atoms. The lowest BCUT2D eigenvalue weighted by atomic mass is 9.98. The molecular formula is C13H28N2O2S. The number of hydrogen-bond donors (Lipinski definition) is 1. The standard InChI is InChI=1S/C13H28N2O2S/c1-4-7-14-13-6-8-15(12(3)11-13)9-10-18(16,17)5-2/h12-14H,4-11H2,1-3H3. The molecule has 0 aromatic rings. The van der Waals surface area contributed by atoms with Gasteiger partial charge in [0.25, 0.3) is 0 Å². The molecule has 0 radical (unpaired) electrons. The Morgan fingerprint density at radius 1 is 1.33 bits per heavy atom. The maximum absolute atomic E-state index is 11.5. The van der Waals surface area contributed by atoms with Crippen LogP contribution in [0.2, 0.25) is 0 Å². The minimum absolute atomic E-state index is 0.260. The van der Waals surface area contributed by atoms with Gasteiger partial charge in [0.15, 0.2) is 9.84 Å². The second kappa shape index (κ2) is 7.46. The minimum Gasteiger partial charge on any atom is -0.314 e. The molecule has 2 atom stereocenters. The molecule has 1 saturated heterocycles. The molecule has 2 unspecified atom stereocenters. The highest BCUT2D eigenvalue weighted by molar-refractivity contribution is 7.91. The SMILES string of the molecule is CCCNC1CCN(CCS(=O)(=O)CC)C(C)C1. The van der Waals surface area contributed by atoms with E-state index in [1.807, 2.05) is 0 Å². The lowest BCUT2D eigenvalue weighted by molar-refractivity contribution is 0.144. The summed E-state index contributed by atoms with van der Waals surface area (Å²) in [6.45, 7) is 8.90. The summed E-state index contributed by atoms with van der Waals surface area (Å²) < 4.78 is 23.0. The molecule has 1 heterocycles. The third-order valence-corrected chi connectivity index (χ3v) is 5.51. The van der Waals surface area contributed by atoms with Crippen molar-refractivity contribution in [2.75, 3.05) is 31.1 Å². The molecule has 0 bridgehead atoms. The summed E-state index contributed by atoms with van der Waals surface area (Å²) in [6, 6.07) is 1.10. The number of piperidine rings is 1. The molecule has 108 valence electrons. The van der Waals surface area contributed by atoms with Crippen LogP contribution >= 0.6 is 0 Å². The zero-order chi connectivity index (χ0) is 13.6. The average Bonchev–Trinajstić information content (AvgIpc) is 2.35. The number of rotatable bonds is 7. The molecule has 0 aromatic carbocycles. The van der Waals surface area contributed by atoms with Crippen LogP contribution in [0.15, 0.2) is 0 Å². The zero-order valence-electron chi connectivity index (χ0n) is 12.0. The van der Waals surface area contributed by atoms with Crippen LogP contribution in [0, 0.1) is 0 Å². The van der Waals surface area contributed by atoms with Crippen LogP contribution in [0.3, 0.4) is 0 Å². The summed E-state index contributed by atoms with van der Waals surface area (Å²) in [5.41, 5.74) is 0. The second-order valence-electron chi connectivity index (χ2n) is 5.30. The van der Waals surface area contributed by atoms with E-state index < -0.39 is 9.84 Å². The van der Waals surface area contributed by atoms with Gasteiger partial charge in [-0.15, -0.1) is 0 Å². The Morgan fingerprint density at radius 3 is 2.61 bits per heavy atom. The molecule has 0 saturated carbocycles. The molecule has 0 aromatic heterocycles. The van der Waals surface area contributed by atoms with Crippen molar-refractivity contribution in [3.05, 3.63) is 0 Å². The van der Waals surface area contributed by atoms with E-state index in [2.05, 4.69) is 24.1 Å². The van der Waals surface area contributed by atoms with E-state index >= 15 is 0 Å². The Balaban J connectivity index is 2.34. The number of hydrogen-bond acceptors (Lipinski definition) is 4. The van der Waals surface area contributed by atoms with Gasteiger partial charge in [0.1, 0.15) is 0 Å². The van der Waals surface area contributed by atoms with Crippen LogP contribution in [0.1, 0.15) is 40.0 Å². The smallest absolute Gasteiger partial charge is 0.151 e. The van der Waals surface area contributed by atoms with Crippen molar-refractivity contribution in [3.8, 4) is 0 Å². The van der Waals surface area contributed by atoms with Crippen LogP contribution in [0.25, 0.3) is 0 Å². The van der Waals surface area contributed by atoms with Gasteiger partial charge in [0, 0.05) is 24.4 Å². The first-order chi connectivity index (χ1) is 8.48. The van der Waals surface area contributed by atoms with Gasteiger partial charge in [-0.2, -0.15) is 0 Å². The summed E-state index contributed by atoms with van der Waals surface area (Å²) in [4.78, 5) is 2.32. The largest absolute Gasteiger partial charge is 0.314 e. The first-order valence-corrected chi connectivity index (χ1v) is 8.98. The molecule has 0 aliphatic carbocycles. The lowest BCUT2D eigenvalue weighted by Gasteiger charge is -2.38. The average molecular weight is 276 g/mol. The third-order valence-electron chi connectivity index (χ3n) is 3.83. The van der Waals surface area contributed by atoms with E-state index in [1.165, 1.54) is 6.42 Å². The van der Waals surface area contributed by atoms with Crippen LogP contribution in [0.5, 0.6) is 0 Å². The van der Waals surface area contributed by atoms with Crippen molar-refractivity contribution >= 4 is 9.84 Å². The van der Waals surface area contributed by atoms with Crippen molar-refractivity contribution < 1.29 is 8.42 Å². The van der Waals surface area contributed by atoms with Crippen molar-refractivity contribution in [2.45, 2.75) is 52.1 Å². The predicted molar refractivity (Wildman–Crippen MR) is 76.7 cm³/mol. The Labute approximate surface area is 112 Å². The second-order valence-corrected chi connectivity index (χ2v) is 7.77. The Kier molecular flexibility index (Phi) is 6.60. The Hall–Kier alpha value is -0.130. The molecule has 5 heteroatoms. The molecule has 1 rings (SSSR count). The monoisotopic (exact) mass is 276 g/mol. The van der Waals surface area contributed by atoms with Gasteiger partial charge >= 0.3 is 0 Å². The number of nitrogens with zero attached hydrogens (tertiary/aromatic N) is 1. The first-order valence-electron chi connectivity index (χ1n) is 7.16. The Bertz CT molecular complexity index is 330. The first kappa shape index (κ1) is 15.9. The van der Waals surface area contributed by atoms with Crippen LogP contribution < -0.4 is 5.32 Å². The molecular weight excluding hydrogens is 248 g/mol. The van der Waals surface area contributed by atoms with E-state index in [0.717, 1.165) is 25.9 Å². The van der Waals surface area contributed by atoms with Crippen molar-refractivity contribution in [1.29, 1.82) is 0 Å². The molecule has 0 spiro atoms. The fourth-order valence-electron chi connectivity index (χ4n) is 2.49. The molecule has 1 fully saturated rings. The number of nitrogens with one attached hydrogen (secondary N) is 1. The van der Waals surface area contributed by atoms with Gasteiger partial charge in [-0.3, -0.25) is 4.90 Å². The van der Waals surface area contributed by atoms with Crippen molar-refractivity contribution in [2.24, 2.45) is 0 Å². The topological polar surface area (TPSA) is 49.4 Å². The van der Waals surface area contributed by atoms with E-state index in [4.69, 9.17) is 0 Å². The Morgan fingerprint density at radius 2 is 2.06 bits per heavy atom. The normalized spacial score (nSPS) is 26.4. The summed E-state index contributed by atoms with van der Waals surface area (Å²) in [5, 5.41) is 3.56. The molecule has 1 aliphatic rings. The van der Waals surface area contributed by atoms with Gasteiger partial charge in [-0.25, -0.2) is 8.42 Å². The van der Waals surface area contributed by atoms with Gasteiger partial charge in [-0.1, -0.05) is 13.8 Å². The third kappa shape index (κ3) is 5.24. The summed E-state index contributed by atoms with van der Waals surface area (Å²) in [6.07, 6.45) is 3.44. The maximum atomic E-state index is 11.5. The highest BCUT2D eigenvalue weighted by Crippen LogP contribution is 2.17. The summed E-state index contributed by atoms with van der Waals surface area (Å²) in [5.74, 6) is 0.566. The van der Waals surface area contributed by atoms with Gasteiger partial charge in [-0.05, 0) is 39.3 Å². The molecule has 1 aliphatic heterocycles. The van der Waals surface area contributed by atoms with E-state index in [0.29, 0.717) is 24.4 Å². The van der Waals surface area contributed by atoms with E-state index in [-0.39, 0.29) is 5.75 Å². The lowest BCUT2D eigenvalue weighted by Crippen LogP contribution is -2.48. The number of likely N-dealkylation sites (tertiary alicyclic amines) is 1. The number of sulfone groups is 1. The van der Waals surface area contributed by atoms with Gasteiger partial charge < -0.3 is 5.32 Å². The molecule has 4 nitrogen and oxygen atoms in total. The quantitative estimate of drug-likeness (QED) is 0.761. The van der Waals surface area contributed by atoms with Crippen LogP contribution in [-0.2, 0) is 9.84 Å². The van der Waals surface area contributed by atoms with E-state index in [1.54, 1.807) is 6.92 Å². The van der Waals surface area contributed by atoms with Crippen LogP contribution in [0.4, 0.5) is 0 Å². The maximum Gasteiger partial charge on any atom is 0.151 e. The fraction of sp³-hybridized carbons (Fsp3) is 1.00. The molecule has 1 N–H and O–H groups in total. The highest BCUT2D eigenvalue weighted by atomic mass is 32.2. The summed E-state index contributed by atoms with van der Waals surface area (Å²) in [7, 11) is -2.83. The van der Waals surface area contributed by atoms with Gasteiger partial charge in [0.05, 0.1) is 5.75 Å².